The van der Waals surface area contributed by atoms with Crippen molar-refractivity contribution in [1.29, 1.82) is 0 Å². The summed E-state index contributed by atoms with van der Waals surface area (Å²) >= 11 is 0. The van der Waals surface area contributed by atoms with Gasteiger partial charge in [-0.2, -0.15) is 0 Å². The fourth-order valence-electron chi connectivity index (χ4n) is 1.66. The maximum Gasteiger partial charge on any atom is 0.337 e. The van der Waals surface area contributed by atoms with E-state index in [2.05, 4.69) is 4.98 Å². The largest absolute Gasteiger partial charge is 0.479 e. The summed E-state index contributed by atoms with van der Waals surface area (Å²) in [5, 5.41) is 8.79. The first kappa shape index (κ1) is 11.4. The third-order valence-corrected chi connectivity index (χ3v) is 2.62. The molecule has 1 amide bonds. The summed E-state index contributed by atoms with van der Waals surface area (Å²) < 4.78 is 5.43. The van der Waals surface area contributed by atoms with Crippen molar-refractivity contribution in [2.75, 3.05) is 13.6 Å². The van der Waals surface area contributed by atoms with Gasteiger partial charge in [0.1, 0.15) is 5.75 Å². The first-order chi connectivity index (χ1) is 8.08. The molecular weight excluding hydrogens is 224 g/mol. The average Bonchev–Trinajstić information content (AvgIpc) is 2.61. The van der Waals surface area contributed by atoms with E-state index in [4.69, 9.17) is 9.84 Å². The number of likely N-dealkylation sites (tertiary alicyclic amines) is 1. The molecule has 6 heteroatoms. The number of likely N-dealkylation sites (N-methyl/N-ethyl adjacent to an activating group) is 1. The molecule has 1 N–H and O–H groups in total. The van der Waals surface area contributed by atoms with Crippen LogP contribution in [0.2, 0.25) is 0 Å². The topological polar surface area (TPSA) is 79.7 Å². The molecule has 0 aliphatic carbocycles. The van der Waals surface area contributed by atoms with E-state index in [1.807, 2.05) is 0 Å². The van der Waals surface area contributed by atoms with Gasteiger partial charge in [-0.1, -0.05) is 0 Å². The average molecular weight is 236 g/mol. The predicted octanol–water partition coefficient (Wildman–Crippen LogP) is 0.389. The molecule has 0 bridgehead atoms. The lowest BCUT2D eigenvalue weighted by molar-refractivity contribution is -0.132. The number of ether oxygens (including phenoxy) is 1. The Hall–Kier alpha value is -2.11. The number of carboxylic acid groups (broad SMARTS) is 1. The molecule has 1 fully saturated rings. The molecule has 1 unspecified atom stereocenters. The Bertz CT molecular complexity index is 461. The minimum absolute atomic E-state index is 0.0429. The van der Waals surface area contributed by atoms with E-state index < -0.39 is 12.1 Å². The Morgan fingerprint density at radius 3 is 2.94 bits per heavy atom. The number of nitrogens with zero attached hydrogens (tertiary/aromatic N) is 2. The van der Waals surface area contributed by atoms with E-state index in [0.29, 0.717) is 18.7 Å². The fraction of sp³-hybridized carbons (Fsp3) is 0.364. The van der Waals surface area contributed by atoms with Gasteiger partial charge in [0.15, 0.2) is 6.10 Å². The van der Waals surface area contributed by atoms with E-state index >= 15 is 0 Å². The highest BCUT2D eigenvalue weighted by Gasteiger charge is 2.30. The first-order valence-corrected chi connectivity index (χ1v) is 5.18. The molecule has 17 heavy (non-hydrogen) atoms. The molecule has 1 aromatic rings. The van der Waals surface area contributed by atoms with E-state index in [0.717, 1.165) is 0 Å². The van der Waals surface area contributed by atoms with Crippen LogP contribution in [0.25, 0.3) is 0 Å². The Kier molecular flexibility index (Phi) is 2.95. The van der Waals surface area contributed by atoms with Gasteiger partial charge in [0.2, 0.25) is 0 Å². The monoisotopic (exact) mass is 236 g/mol. The van der Waals surface area contributed by atoms with Crippen LogP contribution >= 0.6 is 0 Å². The van der Waals surface area contributed by atoms with Gasteiger partial charge in [-0.15, -0.1) is 0 Å². The molecule has 1 aliphatic heterocycles. The van der Waals surface area contributed by atoms with Crippen molar-refractivity contribution in [2.24, 2.45) is 0 Å². The Balaban J connectivity index is 2.11. The van der Waals surface area contributed by atoms with E-state index in [9.17, 15) is 9.59 Å². The summed E-state index contributed by atoms with van der Waals surface area (Å²) in [6.07, 6.45) is 2.70. The molecule has 0 aromatic carbocycles. The number of pyridine rings is 1. The second kappa shape index (κ2) is 4.40. The molecule has 90 valence electrons. The van der Waals surface area contributed by atoms with Gasteiger partial charge in [0, 0.05) is 26.2 Å². The van der Waals surface area contributed by atoms with Crippen LogP contribution in [0, 0.1) is 0 Å². The van der Waals surface area contributed by atoms with E-state index in [1.165, 1.54) is 18.5 Å². The zero-order valence-corrected chi connectivity index (χ0v) is 9.29. The van der Waals surface area contributed by atoms with Gasteiger partial charge in [0.25, 0.3) is 5.91 Å². The Morgan fingerprint density at radius 1 is 1.59 bits per heavy atom. The van der Waals surface area contributed by atoms with Gasteiger partial charge < -0.3 is 14.7 Å². The number of carbonyl (C=O) groups excluding carboxylic acids is 1. The zero-order valence-electron chi connectivity index (χ0n) is 9.29. The number of rotatable bonds is 3. The van der Waals surface area contributed by atoms with Crippen molar-refractivity contribution in [1.82, 2.24) is 9.88 Å². The van der Waals surface area contributed by atoms with Crippen molar-refractivity contribution < 1.29 is 19.4 Å². The van der Waals surface area contributed by atoms with Gasteiger partial charge in [-0.25, -0.2) is 4.79 Å². The van der Waals surface area contributed by atoms with Crippen LogP contribution in [0.1, 0.15) is 16.8 Å². The SMILES string of the molecule is CN1CCC(Oc2cncc(C(=O)O)c2)C1=O. The first-order valence-electron chi connectivity index (χ1n) is 5.18. The summed E-state index contributed by atoms with van der Waals surface area (Å²) in [7, 11) is 1.71. The predicted molar refractivity (Wildman–Crippen MR) is 57.9 cm³/mol. The van der Waals surface area contributed by atoms with Crippen LogP contribution in [-0.2, 0) is 4.79 Å². The molecule has 2 rings (SSSR count). The minimum atomic E-state index is -1.07. The summed E-state index contributed by atoms with van der Waals surface area (Å²) in [6, 6.07) is 1.36. The molecule has 1 atom stereocenters. The van der Waals surface area contributed by atoms with Crippen molar-refractivity contribution in [3.63, 3.8) is 0 Å². The Labute approximate surface area is 97.8 Å². The van der Waals surface area contributed by atoms with Crippen LogP contribution < -0.4 is 4.74 Å². The minimum Gasteiger partial charge on any atom is -0.479 e. The number of carboxylic acids is 1. The van der Waals surface area contributed by atoms with Crippen LogP contribution in [0.4, 0.5) is 0 Å². The van der Waals surface area contributed by atoms with Crippen LogP contribution in [-0.4, -0.2) is 46.6 Å². The maximum absolute atomic E-state index is 11.6. The molecule has 1 aromatic heterocycles. The highest BCUT2D eigenvalue weighted by Crippen LogP contribution is 2.18. The van der Waals surface area contributed by atoms with Crippen LogP contribution in [0.5, 0.6) is 5.75 Å². The summed E-state index contributed by atoms with van der Waals surface area (Å²) in [4.78, 5) is 27.7. The summed E-state index contributed by atoms with van der Waals surface area (Å²) in [5.41, 5.74) is 0.0429. The van der Waals surface area contributed by atoms with Crippen molar-refractivity contribution in [2.45, 2.75) is 12.5 Å². The third kappa shape index (κ3) is 2.35. The molecular formula is C11H12N2O4. The van der Waals surface area contributed by atoms with Gasteiger partial charge in [0.05, 0.1) is 11.8 Å². The number of hydrogen-bond donors (Lipinski definition) is 1. The molecule has 1 saturated heterocycles. The smallest absolute Gasteiger partial charge is 0.337 e. The van der Waals surface area contributed by atoms with Gasteiger partial charge in [-0.05, 0) is 6.07 Å². The van der Waals surface area contributed by atoms with Crippen LogP contribution in [0.15, 0.2) is 18.5 Å². The second-order valence-electron chi connectivity index (χ2n) is 3.87. The second-order valence-corrected chi connectivity index (χ2v) is 3.87. The standard InChI is InChI=1S/C11H12N2O4/c1-13-3-2-9(10(13)14)17-8-4-7(11(15)16)5-12-6-8/h4-6,9H,2-3H2,1H3,(H,15,16). The third-order valence-electron chi connectivity index (χ3n) is 2.62. The number of aromatic nitrogens is 1. The number of aromatic carboxylic acids is 1. The zero-order chi connectivity index (χ0) is 12.4. The number of carbonyl (C=O) groups is 2. The Morgan fingerprint density at radius 2 is 2.35 bits per heavy atom. The lowest BCUT2D eigenvalue weighted by atomic mass is 10.2. The van der Waals surface area contributed by atoms with E-state index in [1.54, 1.807) is 11.9 Å². The normalized spacial score (nSPS) is 19.5. The summed E-state index contributed by atoms with van der Waals surface area (Å²) in [6.45, 7) is 0.648. The maximum atomic E-state index is 11.6. The van der Waals surface area contributed by atoms with Crippen LogP contribution in [0.3, 0.4) is 0 Å². The summed E-state index contributed by atoms with van der Waals surface area (Å²) in [5.74, 6) is -0.859. The van der Waals surface area contributed by atoms with Gasteiger partial charge in [-0.3, -0.25) is 9.78 Å². The molecule has 0 radical (unpaired) electrons. The molecule has 0 spiro atoms. The molecule has 0 saturated carbocycles. The van der Waals surface area contributed by atoms with E-state index in [-0.39, 0.29) is 11.5 Å². The molecule has 6 nitrogen and oxygen atoms in total. The number of hydrogen-bond acceptors (Lipinski definition) is 4. The lowest BCUT2D eigenvalue weighted by Gasteiger charge is -2.12. The molecule has 1 aliphatic rings. The lowest BCUT2D eigenvalue weighted by Crippen LogP contribution is -2.29. The quantitative estimate of drug-likeness (QED) is 0.821. The number of amides is 1. The highest BCUT2D eigenvalue weighted by molar-refractivity contribution is 5.87. The molecule has 2 heterocycles. The fourth-order valence-corrected chi connectivity index (χ4v) is 1.66. The van der Waals surface area contributed by atoms with Crippen molar-refractivity contribution in [3.8, 4) is 5.75 Å². The van der Waals surface area contributed by atoms with Crippen molar-refractivity contribution >= 4 is 11.9 Å². The highest BCUT2D eigenvalue weighted by atomic mass is 16.5. The van der Waals surface area contributed by atoms with Crippen molar-refractivity contribution in [3.05, 3.63) is 24.0 Å². The van der Waals surface area contributed by atoms with Gasteiger partial charge >= 0.3 is 5.97 Å².